The largest absolute Gasteiger partial charge is 0.481 e. The fourth-order valence-corrected chi connectivity index (χ4v) is 1.75. The molecule has 1 aromatic rings. The average molecular weight is 238 g/mol. The van der Waals surface area contributed by atoms with Crippen molar-refractivity contribution in [3.05, 3.63) is 12.3 Å². The second-order valence-electron chi connectivity index (χ2n) is 3.98. The number of ether oxygens (including phenoxy) is 2. The van der Waals surface area contributed by atoms with E-state index >= 15 is 0 Å². The van der Waals surface area contributed by atoms with Gasteiger partial charge < -0.3 is 19.7 Å². The standard InChI is InChI=1S/C11H18N4O2/c1-15(8-9-7-12-5-6-17-9)11-13-4-3-10(14-11)16-2/h3-4,9,12H,5-8H2,1-2H3. The lowest BCUT2D eigenvalue weighted by atomic mass is 10.3. The summed E-state index contributed by atoms with van der Waals surface area (Å²) in [7, 11) is 3.55. The molecule has 0 bridgehead atoms. The molecule has 2 heterocycles. The van der Waals surface area contributed by atoms with Crippen molar-refractivity contribution in [3.8, 4) is 5.88 Å². The Bertz CT molecular complexity index is 355. The number of nitrogens with one attached hydrogen (secondary N) is 1. The average Bonchev–Trinajstić information content (AvgIpc) is 2.40. The first-order valence-electron chi connectivity index (χ1n) is 5.70. The minimum Gasteiger partial charge on any atom is -0.481 e. The fourth-order valence-electron chi connectivity index (χ4n) is 1.75. The Morgan fingerprint density at radius 3 is 3.24 bits per heavy atom. The van der Waals surface area contributed by atoms with E-state index in [4.69, 9.17) is 9.47 Å². The van der Waals surface area contributed by atoms with Crippen molar-refractivity contribution in [1.82, 2.24) is 15.3 Å². The summed E-state index contributed by atoms with van der Waals surface area (Å²) >= 11 is 0. The van der Waals surface area contributed by atoms with Gasteiger partial charge in [0.1, 0.15) is 0 Å². The molecule has 0 saturated carbocycles. The molecule has 0 aliphatic carbocycles. The Labute approximate surface area is 101 Å². The molecule has 1 saturated heterocycles. The van der Waals surface area contributed by atoms with Gasteiger partial charge in [-0.15, -0.1) is 0 Å². The van der Waals surface area contributed by atoms with Crippen LogP contribution in [0.3, 0.4) is 0 Å². The monoisotopic (exact) mass is 238 g/mol. The molecule has 1 aliphatic rings. The van der Waals surface area contributed by atoms with Gasteiger partial charge in [-0.25, -0.2) is 4.98 Å². The van der Waals surface area contributed by atoms with Gasteiger partial charge in [-0.2, -0.15) is 4.98 Å². The van der Waals surface area contributed by atoms with Gasteiger partial charge in [-0.3, -0.25) is 0 Å². The number of nitrogens with zero attached hydrogens (tertiary/aromatic N) is 3. The smallest absolute Gasteiger partial charge is 0.228 e. The topological polar surface area (TPSA) is 59.5 Å². The van der Waals surface area contributed by atoms with Crippen LogP contribution in [0.1, 0.15) is 0 Å². The van der Waals surface area contributed by atoms with E-state index in [2.05, 4.69) is 15.3 Å². The molecule has 1 aliphatic heterocycles. The van der Waals surface area contributed by atoms with E-state index in [1.54, 1.807) is 19.4 Å². The number of anilines is 1. The third-order valence-electron chi connectivity index (χ3n) is 2.65. The van der Waals surface area contributed by atoms with Crippen LogP contribution in [0.5, 0.6) is 5.88 Å². The van der Waals surface area contributed by atoms with Crippen LogP contribution >= 0.6 is 0 Å². The fraction of sp³-hybridized carbons (Fsp3) is 0.636. The van der Waals surface area contributed by atoms with E-state index in [0.29, 0.717) is 11.8 Å². The van der Waals surface area contributed by atoms with Crippen LogP contribution in [0, 0.1) is 0 Å². The van der Waals surface area contributed by atoms with Gasteiger partial charge in [-0.1, -0.05) is 0 Å². The van der Waals surface area contributed by atoms with Crippen molar-refractivity contribution < 1.29 is 9.47 Å². The maximum atomic E-state index is 5.64. The molecule has 6 nitrogen and oxygen atoms in total. The highest BCUT2D eigenvalue weighted by atomic mass is 16.5. The second kappa shape index (κ2) is 5.79. The molecule has 1 atom stereocenters. The van der Waals surface area contributed by atoms with Crippen LogP contribution in [-0.2, 0) is 4.74 Å². The third kappa shape index (κ3) is 3.28. The lowest BCUT2D eigenvalue weighted by Gasteiger charge is -2.28. The van der Waals surface area contributed by atoms with Crippen molar-refractivity contribution in [2.24, 2.45) is 0 Å². The summed E-state index contributed by atoms with van der Waals surface area (Å²) in [4.78, 5) is 10.5. The van der Waals surface area contributed by atoms with Crippen LogP contribution in [0.25, 0.3) is 0 Å². The minimum absolute atomic E-state index is 0.184. The molecule has 1 fully saturated rings. The Hall–Kier alpha value is -1.40. The molecule has 0 amide bonds. The van der Waals surface area contributed by atoms with Crippen molar-refractivity contribution in [1.29, 1.82) is 0 Å². The van der Waals surface area contributed by atoms with E-state index in [1.165, 1.54) is 0 Å². The third-order valence-corrected chi connectivity index (χ3v) is 2.65. The zero-order chi connectivity index (χ0) is 12.1. The lowest BCUT2D eigenvalue weighted by molar-refractivity contribution is 0.0338. The van der Waals surface area contributed by atoms with Gasteiger partial charge in [0.05, 0.1) is 19.8 Å². The predicted octanol–water partition coefficient (Wildman–Crippen LogP) is -0.0902. The summed E-state index contributed by atoms with van der Waals surface area (Å²) in [6, 6.07) is 1.73. The maximum Gasteiger partial charge on any atom is 0.228 e. The van der Waals surface area contributed by atoms with Gasteiger partial charge in [0, 0.05) is 38.9 Å². The number of rotatable bonds is 4. The molecule has 0 aromatic carbocycles. The molecule has 2 rings (SSSR count). The predicted molar refractivity (Wildman–Crippen MR) is 64.5 cm³/mol. The molecule has 1 aromatic heterocycles. The lowest BCUT2D eigenvalue weighted by Crippen LogP contribution is -2.44. The summed E-state index contributed by atoms with van der Waals surface area (Å²) in [6.07, 6.45) is 1.88. The zero-order valence-corrected chi connectivity index (χ0v) is 10.2. The first kappa shape index (κ1) is 12.1. The molecular formula is C11H18N4O2. The molecule has 94 valence electrons. The Kier molecular flexibility index (Phi) is 4.11. The quantitative estimate of drug-likeness (QED) is 0.791. The molecular weight excluding hydrogens is 220 g/mol. The van der Waals surface area contributed by atoms with Gasteiger partial charge in [0.15, 0.2) is 0 Å². The molecule has 6 heteroatoms. The maximum absolute atomic E-state index is 5.64. The van der Waals surface area contributed by atoms with E-state index < -0.39 is 0 Å². The van der Waals surface area contributed by atoms with E-state index in [0.717, 1.165) is 26.2 Å². The van der Waals surface area contributed by atoms with Crippen LogP contribution in [0.15, 0.2) is 12.3 Å². The van der Waals surface area contributed by atoms with Gasteiger partial charge in [-0.05, 0) is 0 Å². The zero-order valence-electron chi connectivity index (χ0n) is 10.2. The summed E-state index contributed by atoms with van der Waals surface area (Å²) in [6.45, 7) is 3.32. The van der Waals surface area contributed by atoms with Crippen molar-refractivity contribution in [3.63, 3.8) is 0 Å². The van der Waals surface area contributed by atoms with E-state index in [9.17, 15) is 0 Å². The Morgan fingerprint density at radius 2 is 2.53 bits per heavy atom. The van der Waals surface area contributed by atoms with Gasteiger partial charge in [0.25, 0.3) is 0 Å². The highest BCUT2D eigenvalue weighted by Crippen LogP contribution is 2.11. The number of hydrogen-bond acceptors (Lipinski definition) is 6. The van der Waals surface area contributed by atoms with Crippen molar-refractivity contribution in [2.75, 3.05) is 45.3 Å². The number of likely N-dealkylation sites (N-methyl/N-ethyl adjacent to an activating group) is 1. The summed E-state index contributed by atoms with van der Waals surface area (Å²) in [5.74, 6) is 1.23. The second-order valence-corrected chi connectivity index (χ2v) is 3.98. The molecule has 1 unspecified atom stereocenters. The van der Waals surface area contributed by atoms with Crippen LogP contribution < -0.4 is 15.0 Å². The SMILES string of the molecule is COc1ccnc(N(C)CC2CNCCO2)n1. The Balaban J connectivity index is 1.95. The van der Waals surface area contributed by atoms with Crippen LogP contribution in [0.2, 0.25) is 0 Å². The summed E-state index contributed by atoms with van der Waals surface area (Å²) in [5.41, 5.74) is 0. The van der Waals surface area contributed by atoms with Crippen LogP contribution in [0.4, 0.5) is 5.95 Å². The normalized spacial score (nSPS) is 20.0. The Morgan fingerprint density at radius 1 is 1.65 bits per heavy atom. The number of hydrogen-bond donors (Lipinski definition) is 1. The van der Waals surface area contributed by atoms with Crippen LogP contribution in [-0.4, -0.2) is 56.5 Å². The minimum atomic E-state index is 0.184. The number of aromatic nitrogens is 2. The first-order chi connectivity index (χ1) is 8.29. The highest BCUT2D eigenvalue weighted by molar-refractivity contribution is 5.30. The summed E-state index contributed by atoms with van der Waals surface area (Å²) < 4.78 is 10.7. The first-order valence-corrected chi connectivity index (χ1v) is 5.70. The molecule has 1 N–H and O–H groups in total. The van der Waals surface area contributed by atoms with E-state index in [1.807, 2.05) is 11.9 Å². The number of methoxy groups -OCH3 is 1. The number of morpholine rings is 1. The van der Waals surface area contributed by atoms with E-state index in [-0.39, 0.29) is 6.10 Å². The van der Waals surface area contributed by atoms with Gasteiger partial charge >= 0.3 is 0 Å². The molecule has 0 spiro atoms. The summed E-state index contributed by atoms with van der Waals surface area (Å²) in [5, 5.41) is 3.30. The van der Waals surface area contributed by atoms with Crippen molar-refractivity contribution in [2.45, 2.75) is 6.10 Å². The molecule has 17 heavy (non-hydrogen) atoms. The van der Waals surface area contributed by atoms with Crippen molar-refractivity contribution >= 4 is 5.95 Å². The molecule has 0 radical (unpaired) electrons. The highest BCUT2D eigenvalue weighted by Gasteiger charge is 2.17. The van der Waals surface area contributed by atoms with Gasteiger partial charge in [0.2, 0.25) is 11.8 Å².